The lowest BCUT2D eigenvalue weighted by Crippen LogP contribution is -2.25. The van der Waals surface area contributed by atoms with Crippen LogP contribution in [0.25, 0.3) is 0 Å². The first-order valence-corrected chi connectivity index (χ1v) is 7.28. The van der Waals surface area contributed by atoms with Crippen LogP contribution in [0.1, 0.15) is 12.0 Å². The minimum Gasteiger partial charge on any atom is -0.383 e. The molecule has 0 saturated carbocycles. The second-order valence-corrected chi connectivity index (χ2v) is 5.38. The SMILES string of the molecule is COCCNCc1ccccc1N(C)CCCN(C)C. The summed E-state index contributed by atoms with van der Waals surface area (Å²) in [5, 5.41) is 3.41. The molecule has 1 N–H and O–H groups in total. The largest absolute Gasteiger partial charge is 0.383 e. The Bertz CT molecular complexity index is 368. The molecular weight excluding hydrogens is 250 g/mol. The summed E-state index contributed by atoms with van der Waals surface area (Å²) in [7, 11) is 8.14. The number of hydrogen-bond acceptors (Lipinski definition) is 4. The van der Waals surface area contributed by atoms with Gasteiger partial charge in [-0.3, -0.25) is 0 Å². The average Bonchev–Trinajstić information content (AvgIpc) is 2.43. The quantitative estimate of drug-likeness (QED) is 0.661. The van der Waals surface area contributed by atoms with Crippen LogP contribution < -0.4 is 10.2 Å². The number of anilines is 1. The molecule has 4 heteroatoms. The molecule has 0 heterocycles. The van der Waals surface area contributed by atoms with Gasteiger partial charge in [0.05, 0.1) is 6.61 Å². The lowest BCUT2D eigenvalue weighted by atomic mass is 10.1. The molecular formula is C16H29N3O. The summed E-state index contributed by atoms with van der Waals surface area (Å²) in [6, 6.07) is 8.60. The number of methoxy groups -OCH3 is 1. The van der Waals surface area contributed by atoms with E-state index in [9.17, 15) is 0 Å². The van der Waals surface area contributed by atoms with Gasteiger partial charge in [0.2, 0.25) is 0 Å². The number of para-hydroxylation sites is 1. The Hall–Kier alpha value is -1.10. The van der Waals surface area contributed by atoms with Gasteiger partial charge in [0.25, 0.3) is 0 Å². The highest BCUT2D eigenvalue weighted by Crippen LogP contribution is 2.19. The van der Waals surface area contributed by atoms with Gasteiger partial charge in [0.15, 0.2) is 0 Å². The molecule has 0 aromatic heterocycles. The smallest absolute Gasteiger partial charge is 0.0587 e. The number of nitrogens with one attached hydrogen (secondary N) is 1. The van der Waals surface area contributed by atoms with Crippen molar-refractivity contribution in [3.8, 4) is 0 Å². The van der Waals surface area contributed by atoms with Crippen molar-refractivity contribution in [2.75, 3.05) is 59.4 Å². The predicted octanol–water partition coefficient (Wildman–Crippen LogP) is 1.81. The van der Waals surface area contributed by atoms with E-state index in [1.54, 1.807) is 7.11 Å². The fourth-order valence-electron chi connectivity index (χ4n) is 2.17. The Balaban J connectivity index is 2.50. The van der Waals surface area contributed by atoms with E-state index in [-0.39, 0.29) is 0 Å². The lowest BCUT2D eigenvalue weighted by Gasteiger charge is -2.23. The third-order valence-corrected chi connectivity index (χ3v) is 3.30. The molecule has 0 unspecified atom stereocenters. The molecule has 1 rings (SSSR count). The molecule has 0 spiro atoms. The maximum Gasteiger partial charge on any atom is 0.0587 e. The summed E-state index contributed by atoms with van der Waals surface area (Å²) in [5.41, 5.74) is 2.66. The van der Waals surface area contributed by atoms with Gasteiger partial charge in [0, 0.05) is 39.5 Å². The standard InChI is InChI=1S/C16H29N3O/c1-18(2)11-7-12-19(3)16-9-6-5-8-15(16)14-17-10-13-20-4/h5-6,8-9,17H,7,10-14H2,1-4H3. The minimum atomic E-state index is 0.751. The zero-order valence-corrected chi connectivity index (χ0v) is 13.4. The first-order valence-electron chi connectivity index (χ1n) is 7.28. The van der Waals surface area contributed by atoms with Gasteiger partial charge in [-0.05, 0) is 38.7 Å². The van der Waals surface area contributed by atoms with Crippen LogP contribution in [0.4, 0.5) is 5.69 Å². The van der Waals surface area contributed by atoms with Crippen molar-refractivity contribution >= 4 is 5.69 Å². The molecule has 0 fully saturated rings. The average molecular weight is 279 g/mol. The van der Waals surface area contributed by atoms with E-state index < -0.39 is 0 Å². The summed E-state index contributed by atoms with van der Waals surface area (Å²) in [6.45, 7) is 4.72. The zero-order chi connectivity index (χ0) is 14.8. The van der Waals surface area contributed by atoms with Crippen molar-refractivity contribution in [3.05, 3.63) is 29.8 Å². The first-order chi connectivity index (χ1) is 9.65. The predicted molar refractivity (Wildman–Crippen MR) is 86.5 cm³/mol. The van der Waals surface area contributed by atoms with Gasteiger partial charge in [0.1, 0.15) is 0 Å². The van der Waals surface area contributed by atoms with Crippen molar-refractivity contribution in [1.29, 1.82) is 0 Å². The van der Waals surface area contributed by atoms with Crippen LogP contribution in [0.2, 0.25) is 0 Å². The summed E-state index contributed by atoms with van der Waals surface area (Å²) in [5.74, 6) is 0. The van der Waals surface area contributed by atoms with Crippen LogP contribution in [-0.4, -0.2) is 59.4 Å². The van der Waals surface area contributed by atoms with Crippen molar-refractivity contribution in [3.63, 3.8) is 0 Å². The summed E-state index contributed by atoms with van der Waals surface area (Å²) in [4.78, 5) is 4.57. The molecule has 114 valence electrons. The van der Waals surface area contributed by atoms with Crippen LogP contribution in [0, 0.1) is 0 Å². The number of hydrogen-bond donors (Lipinski definition) is 1. The van der Waals surface area contributed by atoms with E-state index >= 15 is 0 Å². The van der Waals surface area contributed by atoms with E-state index in [1.807, 2.05) is 0 Å². The van der Waals surface area contributed by atoms with E-state index in [1.165, 1.54) is 17.7 Å². The number of rotatable bonds is 10. The van der Waals surface area contributed by atoms with E-state index in [2.05, 4.69) is 60.5 Å². The molecule has 0 atom stereocenters. The summed E-state index contributed by atoms with van der Waals surface area (Å²) >= 11 is 0. The van der Waals surface area contributed by atoms with Gasteiger partial charge in [-0.15, -0.1) is 0 Å². The van der Waals surface area contributed by atoms with Crippen LogP contribution in [0.3, 0.4) is 0 Å². The van der Waals surface area contributed by atoms with Crippen molar-refractivity contribution < 1.29 is 4.74 Å². The second-order valence-electron chi connectivity index (χ2n) is 5.38. The highest BCUT2D eigenvalue weighted by Gasteiger charge is 2.06. The third-order valence-electron chi connectivity index (χ3n) is 3.30. The highest BCUT2D eigenvalue weighted by molar-refractivity contribution is 5.52. The molecule has 1 aromatic carbocycles. The van der Waals surface area contributed by atoms with Crippen molar-refractivity contribution in [1.82, 2.24) is 10.2 Å². The Labute approximate surface area is 123 Å². The van der Waals surface area contributed by atoms with Crippen LogP contribution in [0.15, 0.2) is 24.3 Å². The molecule has 1 aromatic rings. The molecule has 0 saturated heterocycles. The Morgan fingerprint density at radius 1 is 1.10 bits per heavy atom. The molecule has 4 nitrogen and oxygen atoms in total. The van der Waals surface area contributed by atoms with Gasteiger partial charge in [-0.2, -0.15) is 0 Å². The zero-order valence-electron chi connectivity index (χ0n) is 13.4. The van der Waals surface area contributed by atoms with Gasteiger partial charge in [-0.25, -0.2) is 0 Å². The molecule has 0 aliphatic heterocycles. The topological polar surface area (TPSA) is 27.7 Å². The van der Waals surface area contributed by atoms with E-state index in [0.717, 1.165) is 32.8 Å². The highest BCUT2D eigenvalue weighted by atomic mass is 16.5. The number of ether oxygens (including phenoxy) is 1. The maximum atomic E-state index is 5.06. The molecule has 0 amide bonds. The minimum absolute atomic E-state index is 0.751. The number of nitrogens with zero attached hydrogens (tertiary/aromatic N) is 2. The Morgan fingerprint density at radius 2 is 1.85 bits per heavy atom. The Morgan fingerprint density at radius 3 is 2.55 bits per heavy atom. The molecule has 0 bridgehead atoms. The first kappa shape index (κ1) is 17.0. The molecule has 0 aliphatic rings. The Kier molecular flexibility index (Phi) is 8.26. The third kappa shape index (κ3) is 6.37. The van der Waals surface area contributed by atoms with Crippen LogP contribution in [-0.2, 0) is 11.3 Å². The van der Waals surface area contributed by atoms with Crippen molar-refractivity contribution in [2.45, 2.75) is 13.0 Å². The molecule has 0 radical (unpaired) electrons. The normalized spacial score (nSPS) is 11.1. The van der Waals surface area contributed by atoms with Gasteiger partial charge in [-0.1, -0.05) is 18.2 Å². The fraction of sp³-hybridized carbons (Fsp3) is 0.625. The van der Waals surface area contributed by atoms with Gasteiger partial charge >= 0.3 is 0 Å². The lowest BCUT2D eigenvalue weighted by molar-refractivity contribution is 0.199. The second kappa shape index (κ2) is 9.75. The van der Waals surface area contributed by atoms with Crippen molar-refractivity contribution in [2.24, 2.45) is 0 Å². The van der Waals surface area contributed by atoms with E-state index in [4.69, 9.17) is 4.74 Å². The molecule has 20 heavy (non-hydrogen) atoms. The number of benzene rings is 1. The van der Waals surface area contributed by atoms with Gasteiger partial charge < -0.3 is 19.9 Å². The summed E-state index contributed by atoms with van der Waals surface area (Å²) < 4.78 is 5.06. The van der Waals surface area contributed by atoms with Crippen LogP contribution >= 0.6 is 0 Å². The summed E-state index contributed by atoms with van der Waals surface area (Å²) in [6.07, 6.45) is 1.18. The monoisotopic (exact) mass is 279 g/mol. The van der Waals surface area contributed by atoms with E-state index in [0.29, 0.717) is 0 Å². The van der Waals surface area contributed by atoms with Crippen LogP contribution in [0.5, 0.6) is 0 Å². The molecule has 0 aliphatic carbocycles. The maximum absolute atomic E-state index is 5.06. The fourth-order valence-corrected chi connectivity index (χ4v) is 2.17.